The first-order valence-corrected chi connectivity index (χ1v) is 8.06. The predicted molar refractivity (Wildman–Crippen MR) is 89.9 cm³/mol. The molecule has 2 heterocycles. The Labute approximate surface area is 143 Å². The maximum atomic E-state index is 12.8. The molecule has 1 N–H and O–H groups in total. The summed E-state index contributed by atoms with van der Waals surface area (Å²) >= 11 is 6.25. The molecular weight excluding hydrogens is 328 g/mol. The molecule has 0 aliphatic carbocycles. The molecule has 1 aliphatic rings. The molecule has 1 atom stereocenters. The fourth-order valence-corrected chi connectivity index (χ4v) is 3.17. The van der Waals surface area contributed by atoms with Gasteiger partial charge in [0, 0.05) is 22.7 Å². The van der Waals surface area contributed by atoms with E-state index in [4.69, 9.17) is 16.3 Å². The Kier molecular flexibility index (Phi) is 3.92. The summed E-state index contributed by atoms with van der Waals surface area (Å²) in [6, 6.07) is 12.9. The SMILES string of the molecule is O=C(c1ccc2n[nH]nc2c1)N1CCO[C@H](c2ccccc2Cl)C1. The molecule has 1 amide bonds. The van der Waals surface area contributed by atoms with Crippen LogP contribution >= 0.6 is 11.6 Å². The number of carbonyl (C=O) groups excluding carboxylic acids is 1. The van der Waals surface area contributed by atoms with Gasteiger partial charge in [-0.05, 0) is 24.3 Å². The summed E-state index contributed by atoms with van der Waals surface area (Å²) in [6.45, 7) is 1.50. The smallest absolute Gasteiger partial charge is 0.254 e. The van der Waals surface area contributed by atoms with Crippen molar-refractivity contribution >= 4 is 28.5 Å². The highest BCUT2D eigenvalue weighted by Crippen LogP contribution is 2.29. The average Bonchev–Trinajstić information content (AvgIpc) is 3.09. The highest BCUT2D eigenvalue weighted by Gasteiger charge is 2.27. The number of nitrogens with zero attached hydrogens (tertiary/aromatic N) is 3. The maximum Gasteiger partial charge on any atom is 0.254 e. The van der Waals surface area contributed by atoms with Crippen LogP contribution in [0.1, 0.15) is 22.0 Å². The topological polar surface area (TPSA) is 71.1 Å². The Morgan fingerprint density at radius 2 is 2.04 bits per heavy atom. The van der Waals surface area contributed by atoms with Gasteiger partial charge in [0.25, 0.3) is 5.91 Å². The molecule has 0 saturated carbocycles. The van der Waals surface area contributed by atoms with Crippen molar-refractivity contribution < 1.29 is 9.53 Å². The van der Waals surface area contributed by atoms with Crippen molar-refractivity contribution in [2.75, 3.05) is 19.7 Å². The van der Waals surface area contributed by atoms with E-state index in [0.717, 1.165) is 11.1 Å². The molecule has 1 aliphatic heterocycles. The molecule has 0 spiro atoms. The third-order valence-electron chi connectivity index (χ3n) is 4.17. The van der Waals surface area contributed by atoms with Gasteiger partial charge in [0.1, 0.15) is 17.1 Å². The molecule has 24 heavy (non-hydrogen) atoms. The highest BCUT2D eigenvalue weighted by atomic mass is 35.5. The van der Waals surface area contributed by atoms with Gasteiger partial charge in [-0.25, -0.2) is 0 Å². The lowest BCUT2D eigenvalue weighted by Crippen LogP contribution is -2.42. The molecule has 0 bridgehead atoms. The van der Waals surface area contributed by atoms with Crippen molar-refractivity contribution in [3.63, 3.8) is 0 Å². The lowest BCUT2D eigenvalue weighted by atomic mass is 10.1. The second kappa shape index (κ2) is 6.22. The number of nitrogens with one attached hydrogen (secondary N) is 1. The quantitative estimate of drug-likeness (QED) is 0.777. The summed E-state index contributed by atoms with van der Waals surface area (Å²) in [5, 5.41) is 11.2. The van der Waals surface area contributed by atoms with Gasteiger partial charge in [0.15, 0.2) is 0 Å². The van der Waals surface area contributed by atoms with E-state index in [1.165, 1.54) is 0 Å². The minimum absolute atomic E-state index is 0.0414. The molecule has 3 aromatic rings. The number of halogens is 1. The Morgan fingerprint density at radius 1 is 1.21 bits per heavy atom. The molecule has 0 unspecified atom stereocenters. The normalized spacial score (nSPS) is 18.0. The summed E-state index contributed by atoms with van der Waals surface area (Å²) in [7, 11) is 0. The number of fused-ring (bicyclic) bond motifs is 1. The van der Waals surface area contributed by atoms with Crippen LogP contribution < -0.4 is 0 Å². The number of rotatable bonds is 2. The van der Waals surface area contributed by atoms with Crippen LogP contribution in [0, 0.1) is 0 Å². The van der Waals surface area contributed by atoms with Crippen molar-refractivity contribution in [2.24, 2.45) is 0 Å². The number of hydrogen-bond donors (Lipinski definition) is 1. The Hall–Kier alpha value is -2.44. The molecule has 1 fully saturated rings. The van der Waals surface area contributed by atoms with E-state index in [-0.39, 0.29) is 12.0 Å². The molecule has 6 nitrogen and oxygen atoms in total. The van der Waals surface area contributed by atoms with Crippen LogP contribution in [0.3, 0.4) is 0 Å². The van der Waals surface area contributed by atoms with Crippen molar-refractivity contribution in [1.29, 1.82) is 0 Å². The van der Waals surface area contributed by atoms with Crippen LogP contribution in [0.2, 0.25) is 5.02 Å². The monoisotopic (exact) mass is 342 g/mol. The molecule has 122 valence electrons. The summed E-state index contributed by atoms with van der Waals surface area (Å²) in [5.74, 6) is -0.0414. The van der Waals surface area contributed by atoms with Crippen LogP contribution in [0.15, 0.2) is 42.5 Å². The van der Waals surface area contributed by atoms with Gasteiger partial charge >= 0.3 is 0 Å². The summed E-state index contributed by atoms with van der Waals surface area (Å²) in [6.07, 6.45) is -0.216. The molecule has 1 aromatic heterocycles. The number of aromatic nitrogens is 3. The molecule has 4 rings (SSSR count). The summed E-state index contributed by atoms with van der Waals surface area (Å²) in [5.41, 5.74) is 2.92. The molecule has 1 saturated heterocycles. The minimum atomic E-state index is -0.216. The molecule has 2 aromatic carbocycles. The first-order chi connectivity index (χ1) is 11.7. The average molecular weight is 343 g/mol. The fourth-order valence-electron chi connectivity index (χ4n) is 2.91. The van der Waals surface area contributed by atoms with Crippen LogP contribution in [0.4, 0.5) is 0 Å². The zero-order valence-electron chi connectivity index (χ0n) is 12.8. The largest absolute Gasteiger partial charge is 0.370 e. The standard InChI is InChI=1S/C17H15ClN4O2/c18-13-4-2-1-3-12(13)16-10-22(7-8-24-16)17(23)11-5-6-14-15(9-11)20-21-19-14/h1-6,9,16H,7-8,10H2,(H,19,20,21)/t16-/m0/s1. The second-order valence-electron chi connectivity index (χ2n) is 5.66. The molecule has 0 radical (unpaired) electrons. The van der Waals surface area contributed by atoms with Gasteiger partial charge in [-0.3, -0.25) is 4.79 Å². The van der Waals surface area contributed by atoms with Gasteiger partial charge in [-0.2, -0.15) is 15.4 Å². The number of H-pyrrole nitrogens is 1. The van der Waals surface area contributed by atoms with E-state index in [1.807, 2.05) is 24.3 Å². The van der Waals surface area contributed by atoms with E-state index < -0.39 is 0 Å². The zero-order valence-corrected chi connectivity index (χ0v) is 13.5. The van der Waals surface area contributed by atoms with E-state index in [1.54, 1.807) is 23.1 Å². The molecular formula is C17H15ClN4O2. The number of morpholine rings is 1. The number of ether oxygens (including phenoxy) is 1. The number of carbonyl (C=O) groups is 1. The lowest BCUT2D eigenvalue weighted by molar-refractivity contribution is -0.0227. The van der Waals surface area contributed by atoms with E-state index in [9.17, 15) is 4.79 Å². The third-order valence-corrected chi connectivity index (χ3v) is 4.51. The Bertz CT molecular complexity index is 895. The van der Waals surface area contributed by atoms with E-state index in [2.05, 4.69) is 15.4 Å². The van der Waals surface area contributed by atoms with Crippen molar-refractivity contribution in [3.05, 3.63) is 58.6 Å². The second-order valence-corrected chi connectivity index (χ2v) is 6.07. The van der Waals surface area contributed by atoms with Crippen LogP contribution in [0.5, 0.6) is 0 Å². The van der Waals surface area contributed by atoms with Crippen molar-refractivity contribution in [3.8, 4) is 0 Å². The van der Waals surface area contributed by atoms with E-state index in [0.29, 0.717) is 35.8 Å². The van der Waals surface area contributed by atoms with Crippen LogP contribution in [0.25, 0.3) is 11.0 Å². The third kappa shape index (κ3) is 2.74. The number of benzene rings is 2. The van der Waals surface area contributed by atoms with Gasteiger partial charge in [-0.1, -0.05) is 29.8 Å². The van der Waals surface area contributed by atoms with Crippen molar-refractivity contribution in [1.82, 2.24) is 20.3 Å². The van der Waals surface area contributed by atoms with Gasteiger partial charge in [0.2, 0.25) is 0 Å². The van der Waals surface area contributed by atoms with Crippen molar-refractivity contribution in [2.45, 2.75) is 6.10 Å². The summed E-state index contributed by atoms with van der Waals surface area (Å²) in [4.78, 5) is 14.6. The zero-order chi connectivity index (χ0) is 16.5. The number of hydrogen-bond acceptors (Lipinski definition) is 4. The Balaban J connectivity index is 1.57. The predicted octanol–water partition coefficient (Wildman–Crippen LogP) is 2.83. The maximum absolute atomic E-state index is 12.8. The minimum Gasteiger partial charge on any atom is -0.370 e. The van der Waals surface area contributed by atoms with Gasteiger partial charge in [-0.15, -0.1) is 0 Å². The lowest BCUT2D eigenvalue weighted by Gasteiger charge is -2.33. The molecule has 7 heteroatoms. The van der Waals surface area contributed by atoms with Gasteiger partial charge in [0.05, 0.1) is 13.2 Å². The first-order valence-electron chi connectivity index (χ1n) is 7.68. The number of amides is 1. The highest BCUT2D eigenvalue weighted by molar-refractivity contribution is 6.31. The first kappa shape index (κ1) is 15.1. The summed E-state index contributed by atoms with van der Waals surface area (Å²) < 4.78 is 5.81. The van der Waals surface area contributed by atoms with Crippen LogP contribution in [-0.4, -0.2) is 45.9 Å². The fraction of sp³-hybridized carbons (Fsp3) is 0.235. The number of aromatic amines is 1. The van der Waals surface area contributed by atoms with E-state index >= 15 is 0 Å². The van der Waals surface area contributed by atoms with Crippen LogP contribution in [-0.2, 0) is 4.74 Å². The van der Waals surface area contributed by atoms with Gasteiger partial charge < -0.3 is 9.64 Å². The Morgan fingerprint density at radius 3 is 2.92 bits per heavy atom.